The number of nitrogens with zero attached hydrogens (tertiary/aromatic N) is 2. The van der Waals surface area contributed by atoms with E-state index in [0.29, 0.717) is 11.6 Å². The van der Waals surface area contributed by atoms with Crippen LogP contribution in [0.4, 0.5) is 11.6 Å². The summed E-state index contributed by atoms with van der Waals surface area (Å²) in [5.74, 6) is 8.40. The predicted molar refractivity (Wildman–Crippen MR) is 84.3 cm³/mol. The van der Waals surface area contributed by atoms with E-state index in [4.69, 9.17) is 10.6 Å². The van der Waals surface area contributed by atoms with Gasteiger partial charge in [-0.25, -0.2) is 15.8 Å². The lowest BCUT2D eigenvalue weighted by Gasteiger charge is -2.18. The molecule has 0 aliphatic rings. The van der Waals surface area contributed by atoms with E-state index < -0.39 is 0 Å². The van der Waals surface area contributed by atoms with E-state index in [0.717, 1.165) is 22.7 Å². The molecule has 0 aliphatic heterocycles. The van der Waals surface area contributed by atoms with Crippen molar-refractivity contribution in [2.24, 2.45) is 5.84 Å². The van der Waals surface area contributed by atoms with Crippen molar-refractivity contribution >= 4 is 11.6 Å². The molecule has 21 heavy (non-hydrogen) atoms. The number of hydrazine groups is 1. The van der Waals surface area contributed by atoms with Crippen molar-refractivity contribution in [2.75, 3.05) is 17.9 Å². The number of rotatable bonds is 5. The fraction of sp³-hybridized carbons (Fsp3) is 0.333. The Morgan fingerprint density at radius 1 is 1.10 bits per heavy atom. The van der Waals surface area contributed by atoms with Gasteiger partial charge in [-0.05, 0) is 38.5 Å². The van der Waals surface area contributed by atoms with Crippen molar-refractivity contribution in [3.8, 4) is 5.75 Å². The first-order valence-electron chi connectivity index (χ1n) is 6.77. The molecule has 0 radical (unpaired) electrons. The highest BCUT2D eigenvalue weighted by Gasteiger charge is 2.12. The van der Waals surface area contributed by atoms with E-state index in [1.807, 2.05) is 38.1 Å². The monoisotopic (exact) mass is 287 g/mol. The van der Waals surface area contributed by atoms with Crippen LogP contribution in [0.15, 0.2) is 24.3 Å². The molecule has 1 aromatic carbocycles. The number of methoxy groups -OCH3 is 1. The van der Waals surface area contributed by atoms with Gasteiger partial charge in [0.25, 0.3) is 0 Å². The lowest BCUT2D eigenvalue weighted by atomic mass is 10.1. The lowest BCUT2D eigenvalue weighted by Crippen LogP contribution is -2.15. The zero-order valence-electron chi connectivity index (χ0n) is 12.8. The zero-order chi connectivity index (χ0) is 15.4. The maximum atomic E-state index is 5.48. The van der Waals surface area contributed by atoms with Gasteiger partial charge in [0.05, 0.1) is 7.11 Å². The second kappa shape index (κ2) is 6.41. The van der Waals surface area contributed by atoms with Crippen LogP contribution in [-0.4, -0.2) is 17.1 Å². The number of nitrogens with one attached hydrogen (secondary N) is 2. The summed E-state index contributed by atoms with van der Waals surface area (Å²) >= 11 is 0. The minimum Gasteiger partial charge on any atom is -0.497 e. The Balaban J connectivity index is 2.22. The van der Waals surface area contributed by atoms with Crippen LogP contribution in [0.2, 0.25) is 0 Å². The van der Waals surface area contributed by atoms with Crippen LogP contribution in [0, 0.1) is 13.8 Å². The molecular weight excluding hydrogens is 266 g/mol. The Morgan fingerprint density at radius 2 is 1.71 bits per heavy atom. The number of nitrogen functional groups attached to an aromatic ring is 1. The third-order valence-corrected chi connectivity index (χ3v) is 3.36. The van der Waals surface area contributed by atoms with Gasteiger partial charge in [-0.3, -0.25) is 0 Å². The Hall–Kier alpha value is -2.34. The van der Waals surface area contributed by atoms with Crippen LogP contribution in [0.3, 0.4) is 0 Å². The fourth-order valence-corrected chi connectivity index (χ4v) is 2.09. The second-order valence-electron chi connectivity index (χ2n) is 4.88. The minimum absolute atomic E-state index is 0.106. The summed E-state index contributed by atoms with van der Waals surface area (Å²) in [5.41, 5.74) is 4.64. The van der Waals surface area contributed by atoms with E-state index in [9.17, 15) is 0 Å². The fourth-order valence-electron chi connectivity index (χ4n) is 2.09. The quantitative estimate of drug-likeness (QED) is 0.579. The molecular formula is C15H21N5O. The first-order chi connectivity index (χ1) is 10.0. The average Bonchev–Trinajstić information content (AvgIpc) is 2.50. The Kier molecular flexibility index (Phi) is 4.59. The number of aromatic nitrogens is 2. The largest absolute Gasteiger partial charge is 0.497 e. The van der Waals surface area contributed by atoms with Crippen LogP contribution in [0.25, 0.3) is 0 Å². The number of benzene rings is 1. The highest BCUT2D eigenvalue weighted by Crippen LogP contribution is 2.25. The summed E-state index contributed by atoms with van der Waals surface area (Å²) in [7, 11) is 1.66. The van der Waals surface area contributed by atoms with Gasteiger partial charge in [0.2, 0.25) is 0 Å². The molecule has 1 aromatic heterocycles. The molecule has 2 rings (SSSR count). The van der Waals surface area contributed by atoms with Gasteiger partial charge in [0, 0.05) is 11.6 Å². The highest BCUT2D eigenvalue weighted by molar-refractivity contribution is 5.57. The van der Waals surface area contributed by atoms with Gasteiger partial charge in [-0.2, -0.15) is 0 Å². The molecule has 112 valence electrons. The molecule has 2 aromatic rings. The van der Waals surface area contributed by atoms with Crippen molar-refractivity contribution in [2.45, 2.75) is 26.8 Å². The standard InChI is InChI=1S/C15H21N5O/c1-9-14(18-11(3)19-15(9)20-16)17-10(2)12-5-7-13(21-4)8-6-12/h5-8,10H,16H2,1-4H3,(H2,17,18,19,20). The van der Waals surface area contributed by atoms with Gasteiger partial charge in [-0.15, -0.1) is 0 Å². The van der Waals surface area contributed by atoms with E-state index in [-0.39, 0.29) is 6.04 Å². The first-order valence-corrected chi connectivity index (χ1v) is 6.77. The summed E-state index contributed by atoms with van der Waals surface area (Å²) in [6.45, 7) is 5.84. The van der Waals surface area contributed by atoms with Crippen molar-refractivity contribution < 1.29 is 4.74 Å². The van der Waals surface area contributed by atoms with Crippen LogP contribution in [0.5, 0.6) is 5.75 Å². The third-order valence-electron chi connectivity index (χ3n) is 3.36. The Labute approximate surface area is 124 Å². The van der Waals surface area contributed by atoms with Crippen molar-refractivity contribution in [3.63, 3.8) is 0 Å². The molecule has 0 bridgehead atoms. The van der Waals surface area contributed by atoms with Gasteiger partial charge < -0.3 is 15.5 Å². The van der Waals surface area contributed by atoms with Crippen molar-refractivity contribution in [1.29, 1.82) is 0 Å². The molecule has 0 aliphatic carbocycles. The lowest BCUT2D eigenvalue weighted by molar-refractivity contribution is 0.414. The number of ether oxygens (including phenoxy) is 1. The van der Waals surface area contributed by atoms with E-state index >= 15 is 0 Å². The first kappa shape index (κ1) is 15.1. The van der Waals surface area contributed by atoms with Gasteiger partial charge in [0.1, 0.15) is 23.2 Å². The number of aryl methyl sites for hydroxylation is 1. The predicted octanol–water partition coefficient (Wildman–Crippen LogP) is 2.56. The number of nitrogens with two attached hydrogens (primary N) is 1. The third kappa shape index (κ3) is 3.41. The summed E-state index contributed by atoms with van der Waals surface area (Å²) in [5, 5.41) is 3.39. The van der Waals surface area contributed by atoms with E-state index in [1.165, 1.54) is 0 Å². The van der Waals surface area contributed by atoms with Crippen molar-refractivity contribution in [3.05, 3.63) is 41.2 Å². The molecule has 0 saturated carbocycles. The molecule has 6 heteroatoms. The summed E-state index contributed by atoms with van der Waals surface area (Å²) < 4.78 is 5.17. The Morgan fingerprint density at radius 3 is 2.29 bits per heavy atom. The SMILES string of the molecule is COc1ccc(C(C)Nc2nc(C)nc(NN)c2C)cc1. The van der Waals surface area contributed by atoms with E-state index in [2.05, 4.69) is 27.6 Å². The van der Waals surface area contributed by atoms with Gasteiger partial charge >= 0.3 is 0 Å². The zero-order valence-corrected chi connectivity index (χ0v) is 12.8. The van der Waals surface area contributed by atoms with E-state index in [1.54, 1.807) is 7.11 Å². The highest BCUT2D eigenvalue weighted by atomic mass is 16.5. The number of anilines is 2. The number of hydrogen-bond acceptors (Lipinski definition) is 6. The molecule has 0 amide bonds. The van der Waals surface area contributed by atoms with Gasteiger partial charge in [-0.1, -0.05) is 12.1 Å². The smallest absolute Gasteiger partial charge is 0.148 e. The summed E-state index contributed by atoms with van der Waals surface area (Å²) in [6, 6.07) is 8.05. The van der Waals surface area contributed by atoms with Gasteiger partial charge in [0.15, 0.2) is 0 Å². The molecule has 0 saturated heterocycles. The molecule has 4 N–H and O–H groups in total. The molecule has 1 atom stereocenters. The van der Waals surface area contributed by atoms with Crippen molar-refractivity contribution in [1.82, 2.24) is 9.97 Å². The number of hydrogen-bond donors (Lipinski definition) is 3. The normalized spacial score (nSPS) is 11.9. The average molecular weight is 287 g/mol. The Bertz CT molecular complexity index is 612. The molecule has 0 spiro atoms. The summed E-state index contributed by atoms with van der Waals surface area (Å²) in [6.07, 6.45) is 0. The van der Waals surface area contributed by atoms with Crippen LogP contribution >= 0.6 is 0 Å². The maximum Gasteiger partial charge on any atom is 0.148 e. The van der Waals surface area contributed by atoms with Crippen LogP contribution in [-0.2, 0) is 0 Å². The minimum atomic E-state index is 0.106. The van der Waals surface area contributed by atoms with Crippen LogP contribution in [0.1, 0.15) is 29.9 Å². The molecule has 1 heterocycles. The summed E-state index contributed by atoms with van der Waals surface area (Å²) in [4.78, 5) is 8.69. The molecule has 1 unspecified atom stereocenters. The molecule has 6 nitrogen and oxygen atoms in total. The maximum absolute atomic E-state index is 5.48. The van der Waals surface area contributed by atoms with Crippen LogP contribution < -0.4 is 21.3 Å². The second-order valence-corrected chi connectivity index (χ2v) is 4.88. The topological polar surface area (TPSA) is 85.1 Å². The molecule has 0 fully saturated rings.